The Hall–Kier alpha value is -4.26. The Labute approximate surface area is 250 Å². The standard InChI is InChI=1S/C23H26N4O6S2.C7H8/c1-3-18(26-23(29)33-2)21(28)24-19(13-15-9-11-17(12-10-15)27-35(30,31)32)20-14-34-22(25-20)16-7-5-4-6-8-16;1-7-5-3-2-4-6-7/h4-12,14,18-19,27H,3,13H2,1-2H3,(H,24,28)(H,26,29)(H,30,31,32);2-6H,1H3/t18-,19-;/m0./s1. The first-order chi connectivity index (χ1) is 20.1. The smallest absolute Gasteiger partial charge is 0.407 e. The molecule has 10 nitrogen and oxygen atoms in total. The molecule has 4 aromatic rings. The number of nitrogens with zero attached hydrogens (tertiary/aromatic N) is 1. The molecule has 4 N–H and O–H groups in total. The van der Waals surface area contributed by atoms with Crippen LogP contribution in [0.2, 0.25) is 0 Å². The molecule has 12 heteroatoms. The number of anilines is 1. The predicted molar refractivity (Wildman–Crippen MR) is 165 cm³/mol. The fourth-order valence-corrected chi connectivity index (χ4v) is 5.16. The van der Waals surface area contributed by atoms with Crippen LogP contribution in [-0.4, -0.2) is 43.1 Å². The predicted octanol–water partition coefficient (Wildman–Crippen LogP) is 5.55. The molecule has 2 atom stereocenters. The molecule has 4 rings (SSSR count). The highest BCUT2D eigenvalue weighted by atomic mass is 32.2. The van der Waals surface area contributed by atoms with E-state index in [2.05, 4.69) is 34.4 Å². The van der Waals surface area contributed by atoms with Crippen LogP contribution in [-0.2, 0) is 26.3 Å². The molecule has 0 aliphatic carbocycles. The Morgan fingerprint density at radius 1 is 0.952 bits per heavy atom. The summed E-state index contributed by atoms with van der Waals surface area (Å²) < 4.78 is 37.6. The summed E-state index contributed by atoms with van der Waals surface area (Å²) in [6.07, 6.45) is 0.00559. The minimum absolute atomic E-state index is 0.199. The Balaban J connectivity index is 0.000000603. The normalized spacial score (nSPS) is 12.2. The largest absolute Gasteiger partial charge is 0.453 e. The summed E-state index contributed by atoms with van der Waals surface area (Å²) in [5.74, 6) is -0.387. The van der Waals surface area contributed by atoms with Crippen LogP contribution in [0.15, 0.2) is 90.3 Å². The fourth-order valence-electron chi connectivity index (χ4n) is 3.84. The molecule has 0 saturated carbocycles. The molecule has 2 amide bonds. The summed E-state index contributed by atoms with van der Waals surface area (Å²) in [6.45, 7) is 3.85. The zero-order valence-corrected chi connectivity index (χ0v) is 25.1. The molecule has 0 saturated heterocycles. The Morgan fingerprint density at radius 2 is 1.57 bits per heavy atom. The number of carbonyl (C=O) groups is 2. The van der Waals surface area contributed by atoms with Gasteiger partial charge in [0.1, 0.15) is 11.0 Å². The van der Waals surface area contributed by atoms with Crippen molar-refractivity contribution in [3.63, 3.8) is 0 Å². The van der Waals surface area contributed by atoms with Crippen LogP contribution in [0.25, 0.3) is 10.6 Å². The molecule has 1 aromatic heterocycles. The summed E-state index contributed by atoms with van der Waals surface area (Å²) in [4.78, 5) is 29.3. The number of hydrogen-bond acceptors (Lipinski definition) is 7. The van der Waals surface area contributed by atoms with E-state index in [1.807, 2.05) is 58.6 Å². The molecule has 0 aliphatic rings. The lowest BCUT2D eigenvalue weighted by Crippen LogP contribution is -2.47. The molecule has 0 bridgehead atoms. The van der Waals surface area contributed by atoms with Crippen molar-refractivity contribution in [2.24, 2.45) is 0 Å². The second-order valence-corrected chi connectivity index (χ2v) is 11.2. The maximum Gasteiger partial charge on any atom is 0.407 e. The lowest BCUT2D eigenvalue weighted by molar-refractivity contribution is -0.123. The van der Waals surface area contributed by atoms with E-state index in [1.54, 1.807) is 19.1 Å². The third-order valence-electron chi connectivity index (χ3n) is 6.00. The summed E-state index contributed by atoms with van der Waals surface area (Å²) in [7, 11) is -3.15. The molecule has 0 fully saturated rings. The van der Waals surface area contributed by atoms with Crippen molar-refractivity contribution in [2.75, 3.05) is 11.8 Å². The number of hydrogen-bond donors (Lipinski definition) is 4. The van der Waals surface area contributed by atoms with Gasteiger partial charge in [-0.05, 0) is 37.5 Å². The van der Waals surface area contributed by atoms with Gasteiger partial charge in [-0.15, -0.1) is 11.3 Å². The SMILES string of the molecule is CC[C@H](NC(=O)OC)C(=O)N[C@@H](Cc1ccc(NS(=O)(=O)O)cc1)c1csc(-c2ccccc2)n1.Cc1ccccc1. The van der Waals surface area contributed by atoms with Crippen LogP contribution >= 0.6 is 11.3 Å². The van der Waals surface area contributed by atoms with Crippen LogP contribution in [0.4, 0.5) is 10.5 Å². The highest BCUT2D eigenvalue weighted by Gasteiger charge is 2.25. The van der Waals surface area contributed by atoms with Crippen molar-refractivity contribution < 1.29 is 27.3 Å². The van der Waals surface area contributed by atoms with E-state index in [1.165, 1.54) is 36.1 Å². The number of methoxy groups -OCH3 is 1. The van der Waals surface area contributed by atoms with E-state index in [0.29, 0.717) is 18.5 Å². The lowest BCUT2D eigenvalue weighted by atomic mass is 10.0. The van der Waals surface area contributed by atoms with Crippen molar-refractivity contribution in [3.8, 4) is 10.6 Å². The maximum absolute atomic E-state index is 13.0. The highest BCUT2D eigenvalue weighted by molar-refractivity contribution is 7.87. The van der Waals surface area contributed by atoms with Crippen molar-refractivity contribution in [2.45, 2.75) is 38.8 Å². The lowest BCUT2D eigenvalue weighted by Gasteiger charge is -2.22. The molecule has 222 valence electrons. The van der Waals surface area contributed by atoms with Crippen molar-refractivity contribution in [3.05, 3.63) is 107 Å². The Kier molecular flexibility index (Phi) is 12.0. The number of amides is 2. The second-order valence-electron chi connectivity index (χ2n) is 9.23. The van der Waals surface area contributed by atoms with Crippen LogP contribution in [0.3, 0.4) is 0 Å². The zero-order chi connectivity index (χ0) is 30.5. The summed E-state index contributed by atoms with van der Waals surface area (Å²) >= 11 is 1.45. The maximum atomic E-state index is 13.0. The first-order valence-electron chi connectivity index (χ1n) is 13.1. The van der Waals surface area contributed by atoms with Crippen LogP contribution < -0.4 is 15.4 Å². The molecular formula is C30H34N4O6S2. The molecule has 42 heavy (non-hydrogen) atoms. The summed E-state index contributed by atoms with van der Waals surface area (Å²) in [5, 5.41) is 8.15. The molecule has 0 aliphatic heterocycles. The van der Waals surface area contributed by atoms with Gasteiger partial charge in [-0.2, -0.15) is 8.42 Å². The van der Waals surface area contributed by atoms with Gasteiger partial charge in [0.15, 0.2) is 0 Å². The Bertz CT molecular complexity index is 1530. The average Bonchev–Trinajstić information content (AvgIpc) is 3.47. The van der Waals surface area contributed by atoms with Gasteiger partial charge in [0.25, 0.3) is 0 Å². The molecule has 0 radical (unpaired) electrons. The second kappa shape index (κ2) is 15.7. The van der Waals surface area contributed by atoms with Gasteiger partial charge in [0, 0.05) is 10.9 Å². The molecular weight excluding hydrogens is 576 g/mol. The van der Waals surface area contributed by atoms with E-state index in [-0.39, 0.29) is 11.6 Å². The van der Waals surface area contributed by atoms with Crippen molar-refractivity contribution >= 4 is 39.3 Å². The zero-order valence-electron chi connectivity index (χ0n) is 23.5. The summed E-state index contributed by atoms with van der Waals surface area (Å²) in [6, 6.07) is 25.0. The minimum atomic E-state index is -4.38. The third-order valence-corrected chi connectivity index (χ3v) is 7.40. The van der Waals surface area contributed by atoms with E-state index in [0.717, 1.165) is 16.1 Å². The molecule has 1 heterocycles. The number of aromatic nitrogens is 1. The van der Waals surface area contributed by atoms with Gasteiger partial charge in [-0.3, -0.25) is 14.1 Å². The number of alkyl carbamates (subject to hydrolysis) is 1. The Morgan fingerprint density at radius 3 is 2.10 bits per heavy atom. The van der Waals surface area contributed by atoms with E-state index < -0.39 is 28.5 Å². The number of carbonyl (C=O) groups excluding carboxylic acids is 2. The fraction of sp³-hybridized carbons (Fsp3) is 0.233. The number of aryl methyl sites for hydroxylation is 1. The number of rotatable bonds is 10. The minimum Gasteiger partial charge on any atom is -0.453 e. The summed E-state index contributed by atoms with van der Waals surface area (Å²) in [5.41, 5.74) is 3.91. The number of nitrogens with one attached hydrogen (secondary N) is 3. The van der Waals surface area contributed by atoms with Crippen LogP contribution in [0, 0.1) is 6.92 Å². The van der Waals surface area contributed by atoms with Gasteiger partial charge in [0.2, 0.25) is 5.91 Å². The van der Waals surface area contributed by atoms with E-state index in [4.69, 9.17) is 9.54 Å². The number of thiazole rings is 1. The molecule has 3 aromatic carbocycles. The topological polar surface area (TPSA) is 147 Å². The van der Waals surface area contributed by atoms with Gasteiger partial charge in [0.05, 0.1) is 24.5 Å². The van der Waals surface area contributed by atoms with E-state index >= 15 is 0 Å². The van der Waals surface area contributed by atoms with Gasteiger partial charge >= 0.3 is 16.4 Å². The average molecular weight is 611 g/mol. The molecule has 0 unspecified atom stereocenters. The number of ether oxygens (including phenoxy) is 1. The van der Waals surface area contributed by atoms with Crippen molar-refractivity contribution in [1.29, 1.82) is 0 Å². The van der Waals surface area contributed by atoms with Crippen molar-refractivity contribution in [1.82, 2.24) is 15.6 Å². The van der Waals surface area contributed by atoms with Crippen LogP contribution in [0.1, 0.15) is 36.2 Å². The first kappa shape index (κ1) is 32.3. The quantitative estimate of drug-likeness (QED) is 0.172. The highest BCUT2D eigenvalue weighted by Crippen LogP contribution is 2.28. The van der Waals surface area contributed by atoms with Gasteiger partial charge in [-0.25, -0.2) is 9.78 Å². The monoisotopic (exact) mass is 610 g/mol. The number of benzene rings is 3. The van der Waals surface area contributed by atoms with E-state index in [9.17, 15) is 18.0 Å². The van der Waals surface area contributed by atoms with Gasteiger partial charge < -0.3 is 15.4 Å². The third kappa shape index (κ3) is 10.6. The molecule has 0 spiro atoms. The van der Waals surface area contributed by atoms with Gasteiger partial charge in [-0.1, -0.05) is 85.3 Å². The van der Waals surface area contributed by atoms with Crippen LogP contribution in [0.5, 0.6) is 0 Å². The first-order valence-corrected chi connectivity index (χ1v) is 15.4.